The summed E-state index contributed by atoms with van der Waals surface area (Å²) in [5.41, 5.74) is 3.72. The molecule has 0 saturated carbocycles. The molecule has 0 fully saturated rings. The van der Waals surface area contributed by atoms with Gasteiger partial charge in [0.1, 0.15) is 18.1 Å². The number of nitrogen functional groups attached to an aromatic ring is 1. The van der Waals surface area contributed by atoms with Crippen molar-refractivity contribution in [3.63, 3.8) is 0 Å². The molecule has 3 N–H and O–H groups in total. The van der Waals surface area contributed by atoms with E-state index in [9.17, 15) is 18.5 Å². The molecule has 0 unspecified atom stereocenters. The third-order valence-corrected chi connectivity index (χ3v) is 7.10. The van der Waals surface area contributed by atoms with Gasteiger partial charge >= 0.3 is 13.3 Å². The summed E-state index contributed by atoms with van der Waals surface area (Å²) in [5, 5.41) is 10.1. The second-order valence-electron chi connectivity index (χ2n) is 7.33. The number of methoxy groups -OCH3 is 1. The van der Waals surface area contributed by atoms with Crippen LogP contribution in [-0.2, 0) is 24.8 Å². The lowest BCUT2D eigenvalue weighted by Gasteiger charge is -2.25. The van der Waals surface area contributed by atoms with Gasteiger partial charge < -0.3 is 34.1 Å². The fraction of sp³-hybridized carbons (Fsp3) is 0.545. The Bertz CT molecular complexity index is 994. The normalized spacial score (nSPS) is 12.1. The second kappa shape index (κ2) is 13.0. The maximum Gasteiger partial charge on any atom is 0.399 e. The molecule has 0 aliphatic carbocycles. The van der Waals surface area contributed by atoms with E-state index in [0.717, 1.165) is 5.56 Å². The molecule has 10 nitrogen and oxygen atoms in total. The summed E-state index contributed by atoms with van der Waals surface area (Å²) in [6.07, 6.45) is -0.500. The highest BCUT2D eigenvalue weighted by molar-refractivity contribution is 7.55. The van der Waals surface area contributed by atoms with Gasteiger partial charge in [0.2, 0.25) is 11.8 Å². The molecule has 0 amide bonds. The molecular weight excluding hydrogens is 487 g/mol. The Balaban J connectivity index is 1.88. The lowest BCUT2D eigenvalue weighted by atomic mass is 10.0. The lowest BCUT2D eigenvalue weighted by molar-refractivity contribution is -0.000497. The molecule has 0 aliphatic rings. The van der Waals surface area contributed by atoms with Crippen molar-refractivity contribution in [2.24, 2.45) is 0 Å². The average molecular weight is 519 g/mol. The Morgan fingerprint density at radius 1 is 1.11 bits per heavy atom. The van der Waals surface area contributed by atoms with Gasteiger partial charge in [-0.15, -0.1) is 0 Å². The van der Waals surface area contributed by atoms with E-state index in [1.165, 1.54) is 21.0 Å². The highest BCUT2D eigenvalue weighted by atomic mass is 31.2. The number of halogens is 2. The number of nitrogens with two attached hydrogens (primary N) is 1. The van der Waals surface area contributed by atoms with E-state index < -0.39 is 19.7 Å². The van der Waals surface area contributed by atoms with Crippen LogP contribution in [0.2, 0.25) is 0 Å². The fourth-order valence-corrected chi connectivity index (χ4v) is 4.68. The molecule has 2 rings (SSSR count). The van der Waals surface area contributed by atoms with Gasteiger partial charge in [-0.3, -0.25) is 4.57 Å². The third-order valence-electron chi connectivity index (χ3n) is 4.88. The van der Waals surface area contributed by atoms with Crippen LogP contribution in [0, 0.1) is 6.92 Å². The minimum Gasteiger partial charge on any atom is -0.496 e. The Hall–Kier alpha value is -2.53. The van der Waals surface area contributed by atoms with Gasteiger partial charge in [0.05, 0.1) is 39.2 Å². The number of benzene rings is 1. The van der Waals surface area contributed by atoms with E-state index in [1.807, 2.05) is 0 Å². The number of aromatic hydroxyl groups is 1. The molecule has 1 aromatic heterocycles. The quantitative estimate of drug-likeness (QED) is 0.259. The Kier molecular flexibility index (Phi) is 10.6. The lowest BCUT2D eigenvalue weighted by Crippen LogP contribution is -2.23. The average Bonchev–Trinajstić information content (AvgIpc) is 2.79. The molecule has 0 spiro atoms. The maximum atomic E-state index is 14.3. The van der Waals surface area contributed by atoms with E-state index in [4.69, 9.17) is 29.0 Å². The van der Waals surface area contributed by atoms with Crippen LogP contribution in [0.5, 0.6) is 17.4 Å². The van der Waals surface area contributed by atoms with Crippen LogP contribution in [-0.4, -0.2) is 60.9 Å². The maximum absolute atomic E-state index is 14.3. The first-order valence-electron chi connectivity index (χ1n) is 11.0. The zero-order valence-corrected chi connectivity index (χ0v) is 21.1. The van der Waals surface area contributed by atoms with Crippen molar-refractivity contribution < 1.29 is 41.7 Å². The third kappa shape index (κ3) is 7.73. The number of nitrogens with zero attached hydrogens (tertiary/aromatic N) is 2. The monoisotopic (exact) mass is 519 g/mol. The molecule has 196 valence electrons. The van der Waals surface area contributed by atoms with Gasteiger partial charge in [0.25, 0.3) is 0 Å². The number of aryl methyl sites for hydroxylation is 1. The van der Waals surface area contributed by atoms with Crippen molar-refractivity contribution in [1.82, 2.24) is 9.97 Å². The van der Waals surface area contributed by atoms with Gasteiger partial charge in [0.15, 0.2) is 0 Å². The molecule has 2 aromatic rings. The summed E-state index contributed by atoms with van der Waals surface area (Å²) < 4.78 is 66.6. The first-order chi connectivity index (χ1) is 16.6. The van der Waals surface area contributed by atoms with Crippen molar-refractivity contribution >= 4 is 13.5 Å². The van der Waals surface area contributed by atoms with Gasteiger partial charge in [-0.2, -0.15) is 13.8 Å². The Morgan fingerprint density at radius 2 is 1.80 bits per heavy atom. The SMILES string of the molecule is CCOP(=O)(OCC)C(F)(F)CCOCCOc1ccc(Cc2c(C)nc(N)nc2O)c(OC)c1. The van der Waals surface area contributed by atoms with Crippen LogP contribution >= 0.6 is 7.60 Å². The predicted octanol–water partition coefficient (Wildman–Crippen LogP) is 4.32. The molecule has 1 aromatic carbocycles. The van der Waals surface area contributed by atoms with E-state index >= 15 is 0 Å². The predicted molar refractivity (Wildman–Crippen MR) is 125 cm³/mol. The number of alkyl halides is 2. The minimum absolute atomic E-state index is 0.0111. The number of rotatable bonds is 15. The van der Waals surface area contributed by atoms with Crippen molar-refractivity contribution in [3.8, 4) is 17.4 Å². The van der Waals surface area contributed by atoms with Crippen LogP contribution in [0.1, 0.15) is 37.1 Å². The first-order valence-corrected chi connectivity index (χ1v) is 12.6. The van der Waals surface area contributed by atoms with Crippen molar-refractivity contribution in [2.45, 2.75) is 39.3 Å². The molecule has 1 heterocycles. The summed E-state index contributed by atoms with van der Waals surface area (Å²) in [6, 6.07) is 5.13. The Morgan fingerprint density at radius 3 is 2.40 bits per heavy atom. The molecule has 0 bridgehead atoms. The number of hydrogen-bond donors (Lipinski definition) is 2. The molecule has 0 aliphatic heterocycles. The van der Waals surface area contributed by atoms with E-state index in [-0.39, 0.29) is 44.9 Å². The molecule has 0 radical (unpaired) electrons. The number of hydrogen-bond acceptors (Lipinski definition) is 10. The van der Waals surface area contributed by atoms with Gasteiger partial charge in [-0.05, 0) is 32.4 Å². The smallest absolute Gasteiger partial charge is 0.399 e. The standard InChI is InChI=1S/C22H32F2N3O7P/c1-5-33-35(29,34-6-2)22(23,24)9-10-31-11-12-32-17-8-7-16(19(14-17)30-4)13-18-15(3)26-21(25)27-20(18)28/h7-8,14H,5-6,9-13H2,1-4H3,(H3,25,26,27,28). The van der Waals surface area contributed by atoms with Crippen molar-refractivity contribution in [3.05, 3.63) is 35.0 Å². The fourth-order valence-electron chi connectivity index (χ4n) is 3.18. The van der Waals surface area contributed by atoms with Gasteiger partial charge in [-0.1, -0.05) is 6.07 Å². The van der Waals surface area contributed by atoms with Crippen LogP contribution in [0.4, 0.5) is 14.7 Å². The minimum atomic E-state index is -4.56. The van der Waals surface area contributed by atoms with Crippen molar-refractivity contribution in [1.29, 1.82) is 0 Å². The molecule has 0 saturated heterocycles. The summed E-state index contributed by atoms with van der Waals surface area (Å²) in [4.78, 5) is 7.85. The van der Waals surface area contributed by atoms with Crippen LogP contribution < -0.4 is 15.2 Å². The summed E-state index contributed by atoms with van der Waals surface area (Å²) in [5.74, 6) is 0.787. The topological polar surface area (TPSA) is 135 Å². The molecule has 35 heavy (non-hydrogen) atoms. The number of ether oxygens (including phenoxy) is 3. The second-order valence-corrected chi connectivity index (χ2v) is 9.50. The first kappa shape index (κ1) is 28.7. The van der Waals surface area contributed by atoms with Crippen LogP contribution in [0.25, 0.3) is 0 Å². The summed E-state index contributed by atoms with van der Waals surface area (Å²) in [6.45, 7) is 4.12. The highest BCUT2D eigenvalue weighted by Crippen LogP contribution is 2.63. The highest BCUT2D eigenvalue weighted by Gasteiger charge is 2.52. The molecule has 0 atom stereocenters. The van der Waals surface area contributed by atoms with Crippen molar-refractivity contribution in [2.75, 3.05) is 45.9 Å². The summed E-state index contributed by atoms with van der Waals surface area (Å²) in [7, 11) is -3.06. The van der Waals surface area contributed by atoms with E-state index in [2.05, 4.69) is 9.97 Å². The molecule has 13 heteroatoms. The van der Waals surface area contributed by atoms with E-state index in [0.29, 0.717) is 29.2 Å². The zero-order valence-electron chi connectivity index (χ0n) is 20.3. The number of aromatic nitrogens is 2. The Labute approximate surface area is 203 Å². The zero-order chi connectivity index (χ0) is 26.1. The van der Waals surface area contributed by atoms with Gasteiger partial charge in [-0.25, -0.2) is 4.98 Å². The molecular formula is C22H32F2N3O7P. The van der Waals surface area contributed by atoms with Gasteiger partial charge in [0, 0.05) is 24.5 Å². The number of anilines is 1. The van der Waals surface area contributed by atoms with Crippen LogP contribution in [0.3, 0.4) is 0 Å². The van der Waals surface area contributed by atoms with Crippen LogP contribution in [0.15, 0.2) is 18.2 Å². The largest absolute Gasteiger partial charge is 0.496 e. The summed E-state index contributed by atoms with van der Waals surface area (Å²) >= 11 is 0. The van der Waals surface area contributed by atoms with E-state index in [1.54, 1.807) is 25.1 Å².